The van der Waals surface area contributed by atoms with Crippen LogP contribution >= 0.6 is 0 Å². The van der Waals surface area contributed by atoms with Gasteiger partial charge >= 0.3 is 0 Å². The van der Waals surface area contributed by atoms with Gasteiger partial charge in [-0.25, -0.2) is 0 Å². The Morgan fingerprint density at radius 1 is 1.13 bits per heavy atom. The average molecular weight is 314 g/mol. The highest BCUT2D eigenvalue weighted by molar-refractivity contribution is 5.96. The number of carbonyl (C=O) groups is 1. The molecule has 5 nitrogen and oxygen atoms in total. The molecule has 122 valence electrons. The van der Waals surface area contributed by atoms with Crippen LogP contribution in [0, 0.1) is 0 Å². The number of hydrogen-bond donors (Lipinski definition) is 2. The summed E-state index contributed by atoms with van der Waals surface area (Å²) < 4.78 is 10.7. The standard InChI is InChI=1S/C18H22N2O3/c1-4-23-15-11-9-14(10-12-15)20-18(21)13(2)19-16-7-5-6-8-17(16)22-3/h5-13,19H,4H2,1-3H3,(H,20,21). The number of carbonyl (C=O) groups excluding carboxylic acids is 1. The molecule has 1 amide bonds. The van der Waals surface area contributed by atoms with Crippen LogP contribution in [0.15, 0.2) is 48.5 Å². The quantitative estimate of drug-likeness (QED) is 0.821. The third kappa shape index (κ3) is 4.64. The van der Waals surface area contributed by atoms with Gasteiger partial charge in [0.1, 0.15) is 17.5 Å². The van der Waals surface area contributed by atoms with Gasteiger partial charge in [0.15, 0.2) is 0 Å². The first-order chi connectivity index (χ1) is 11.1. The van der Waals surface area contributed by atoms with Gasteiger partial charge in [-0.15, -0.1) is 0 Å². The van der Waals surface area contributed by atoms with Crippen molar-refractivity contribution in [3.63, 3.8) is 0 Å². The lowest BCUT2D eigenvalue weighted by molar-refractivity contribution is -0.116. The normalized spacial score (nSPS) is 11.4. The van der Waals surface area contributed by atoms with Crippen molar-refractivity contribution in [1.82, 2.24) is 0 Å². The SMILES string of the molecule is CCOc1ccc(NC(=O)C(C)Nc2ccccc2OC)cc1. The third-order valence-electron chi connectivity index (χ3n) is 3.31. The van der Waals surface area contributed by atoms with Crippen molar-refractivity contribution >= 4 is 17.3 Å². The fourth-order valence-electron chi connectivity index (χ4n) is 2.11. The van der Waals surface area contributed by atoms with E-state index in [4.69, 9.17) is 9.47 Å². The first-order valence-electron chi connectivity index (χ1n) is 7.57. The second-order valence-electron chi connectivity index (χ2n) is 5.01. The van der Waals surface area contributed by atoms with E-state index in [0.717, 1.165) is 17.1 Å². The smallest absolute Gasteiger partial charge is 0.246 e. The Hall–Kier alpha value is -2.69. The van der Waals surface area contributed by atoms with Crippen molar-refractivity contribution in [2.24, 2.45) is 0 Å². The lowest BCUT2D eigenvalue weighted by Crippen LogP contribution is -2.31. The van der Waals surface area contributed by atoms with E-state index < -0.39 is 6.04 Å². The second-order valence-corrected chi connectivity index (χ2v) is 5.01. The molecule has 2 rings (SSSR count). The number of amides is 1. The van der Waals surface area contributed by atoms with Crippen LogP contribution in [0.1, 0.15) is 13.8 Å². The van der Waals surface area contributed by atoms with E-state index in [2.05, 4.69) is 10.6 Å². The molecule has 5 heteroatoms. The highest BCUT2D eigenvalue weighted by Gasteiger charge is 2.14. The maximum atomic E-state index is 12.3. The predicted molar refractivity (Wildman–Crippen MR) is 92.3 cm³/mol. The van der Waals surface area contributed by atoms with Crippen LogP contribution in [-0.4, -0.2) is 25.7 Å². The molecule has 0 spiro atoms. The van der Waals surface area contributed by atoms with Crippen LogP contribution in [-0.2, 0) is 4.79 Å². The Kier molecular flexibility index (Phi) is 5.86. The van der Waals surface area contributed by atoms with Gasteiger partial charge < -0.3 is 20.1 Å². The maximum Gasteiger partial charge on any atom is 0.246 e. The van der Waals surface area contributed by atoms with E-state index >= 15 is 0 Å². The zero-order chi connectivity index (χ0) is 16.7. The van der Waals surface area contributed by atoms with E-state index in [1.165, 1.54) is 0 Å². The van der Waals surface area contributed by atoms with Crippen molar-refractivity contribution in [1.29, 1.82) is 0 Å². The zero-order valence-electron chi connectivity index (χ0n) is 13.6. The average Bonchev–Trinajstić information content (AvgIpc) is 2.57. The molecule has 1 unspecified atom stereocenters. The van der Waals surface area contributed by atoms with Gasteiger partial charge in [-0.2, -0.15) is 0 Å². The Balaban J connectivity index is 1.97. The summed E-state index contributed by atoms with van der Waals surface area (Å²) in [7, 11) is 1.60. The summed E-state index contributed by atoms with van der Waals surface area (Å²) in [5.74, 6) is 1.36. The summed E-state index contributed by atoms with van der Waals surface area (Å²) >= 11 is 0. The molecule has 0 heterocycles. The molecule has 0 saturated carbocycles. The van der Waals surface area contributed by atoms with Crippen molar-refractivity contribution in [3.05, 3.63) is 48.5 Å². The van der Waals surface area contributed by atoms with Crippen LogP contribution in [0.2, 0.25) is 0 Å². The topological polar surface area (TPSA) is 59.6 Å². The van der Waals surface area contributed by atoms with Gasteiger partial charge in [-0.3, -0.25) is 4.79 Å². The molecule has 0 radical (unpaired) electrons. The maximum absolute atomic E-state index is 12.3. The number of para-hydroxylation sites is 2. The zero-order valence-corrected chi connectivity index (χ0v) is 13.6. The van der Waals surface area contributed by atoms with E-state index in [1.807, 2.05) is 55.5 Å². The molecule has 0 aliphatic rings. The number of rotatable bonds is 7. The van der Waals surface area contributed by atoms with Crippen LogP contribution in [0.25, 0.3) is 0 Å². The molecule has 0 aliphatic carbocycles. The molecule has 0 fully saturated rings. The summed E-state index contributed by atoms with van der Waals surface area (Å²) in [5, 5.41) is 6.02. The molecule has 0 saturated heterocycles. The molecule has 23 heavy (non-hydrogen) atoms. The van der Waals surface area contributed by atoms with Crippen LogP contribution in [0.3, 0.4) is 0 Å². The van der Waals surface area contributed by atoms with Gasteiger partial charge in [-0.1, -0.05) is 12.1 Å². The summed E-state index contributed by atoms with van der Waals surface area (Å²) in [6.07, 6.45) is 0. The Bertz CT molecular complexity index is 641. The minimum atomic E-state index is -0.405. The van der Waals surface area contributed by atoms with Crippen molar-refractivity contribution in [2.75, 3.05) is 24.4 Å². The molecule has 0 aliphatic heterocycles. The van der Waals surface area contributed by atoms with Gasteiger partial charge in [0.2, 0.25) is 5.91 Å². The van der Waals surface area contributed by atoms with E-state index in [1.54, 1.807) is 14.0 Å². The minimum Gasteiger partial charge on any atom is -0.495 e. The first kappa shape index (κ1) is 16.7. The first-order valence-corrected chi connectivity index (χ1v) is 7.57. The molecule has 0 aromatic heterocycles. The largest absolute Gasteiger partial charge is 0.495 e. The third-order valence-corrected chi connectivity index (χ3v) is 3.31. The summed E-state index contributed by atoms with van der Waals surface area (Å²) in [6, 6.07) is 14.4. The highest BCUT2D eigenvalue weighted by Crippen LogP contribution is 2.24. The Labute approximate surface area is 136 Å². The summed E-state index contributed by atoms with van der Waals surface area (Å²) in [5.41, 5.74) is 1.51. The van der Waals surface area contributed by atoms with Gasteiger partial charge in [-0.05, 0) is 50.2 Å². The fraction of sp³-hybridized carbons (Fsp3) is 0.278. The van der Waals surface area contributed by atoms with Gasteiger partial charge in [0.05, 0.1) is 19.4 Å². The number of methoxy groups -OCH3 is 1. The summed E-state index contributed by atoms with van der Waals surface area (Å²) in [6.45, 7) is 4.35. The second kappa shape index (κ2) is 8.08. The van der Waals surface area contributed by atoms with E-state index in [-0.39, 0.29) is 5.91 Å². The Morgan fingerprint density at radius 2 is 1.83 bits per heavy atom. The number of anilines is 2. The van der Waals surface area contributed by atoms with Gasteiger partial charge in [0, 0.05) is 5.69 Å². The molecule has 2 aromatic rings. The lowest BCUT2D eigenvalue weighted by Gasteiger charge is -2.17. The number of ether oxygens (including phenoxy) is 2. The molecule has 2 N–H and O–H groups in total. The molecule has 2 aromatic carbocycles. The van der Waals surface area contributed by atoms with Crippen molar-refractivity contribution in [2.45, 2.75) is 19.9 Å². The molecule has 0 bridgehead atoms. The lowest BCUT2D eigenvalue weighted by atomic mass is 10.2. The van der Waals surface area contributed by atoms with Gasteiger partial charge in [0.25, 0.3) is 0 Å². The number of benzene rings is 2. The van der Waals surface area contributed by atoms with Crippen molar-refractivity contribution in [3.8, 4) is 11.5 Å². The van der Waals surface area contributed by atoms with Crippen molar-refractivity contribution < 1.29 is 14.3 Å². The monoisotopic (exact) mass is 314 g/mol. The highest BCUT2D eigenvalue weighted by atomic mass is 16.5. The van der Waals surface area contributed by atoms with Crippen LogP contribution in [0.5, 0.6) is 11.5 Å². The molecule has 1 atom stereocenters. The van der Waals surface area contributed by atoms with E-state index in [9.17, 15) is 4.79 Å². The predicted octanol–water partition coefficient (Wildman–Crippen LogP) is 3.53. The Morgan fingerprint density at radius 3 is 2.48 bits per heavy atom. The van der Waals surface area contributed by atoms with E-state index in [0.29, 0.717) is 12.4 Å². The number of nitrogens with one attached hydrogen (secondary N) is 2. The van der Waals surface area contributed by atoms with Crippen LogP contribution in [0.4, 0.5) is 11.4 Å². The number of hydrogen-bond acceptors (Lipinski definition) is 4. The van der Waals surface area contributed by atoms with Crippen LogP contribution < -0.4 is 20.1 Å². The fourth-order valence-corrected chi connectivity index (χ4v) is 2.11. The molecular formula is C18H22N2O3. The minimum absolute atomic E-state index is 0.125. The summed E-state index contributed by atoms with van der Waals surface area (Å²) in [4.78, 5) is 12.3. The molecular weight excluding hydrogens is 292 g/mol.